The van der Waals surface area contributed by atoms with Crippen molar-refractivity contribution >= 4 is 35.5 Å². The van der Waals surface area contributed by atoms with Crippen LogP contribution in [0.4, 0.5) is 23.7 Å². The van der Waals surface area contributed by atoms with Crippen LogP contribution in [0.25, 0.3) is 16.1 Å². The predicted molar refractivity (Wildman–Crippen MR) is 212 cm³/mol. The Morgan fingerprint density at radius 1 is 0.867 bits per heavy atom. The molecule has 1 atom stereocenters. The predicted octanol–water partition coefficient (Wildman–Crippen LogP) is 5.08. The first-order valence-corrected chi connectivity index (χ1v) is 17.9. The summed E-state index contributed by atoms with van der Waals surface area (Å²) in [5.41, 5.74) is 18.5. The van der Waals surface area contributed by atoms with Gasteiger partial charge in [-0.25, -0.2) is 14.3 Å². The van der Waals surface area contributed by atoms with Gasteiger partial charge in [-0.1, -0.05) is 95.3 Å². The molecule has 5 aromatic rings. The number of phenolic OH excluding ortho intramolecular Hbond substituents is 1. The lowest BCUT2D eigenvalue weighted by Crippen LogP contribution is -2.48. The van der Waals surface area contributed by atoms with Crippen molar-refractivity contribution in [3.05, 3.63) is 148 Å². The molecule has 18 nitrogen and oxygen atoms in total. The molecule has 5 rings (SSSR count). The Balaban J connectivity index is 0.00000104. The third-order valence-corrected chi connectivity index (χ3v) is 8.21. The Hall–Kier alpha value is -7.93. The minimum atomic E-state index is -5.08. The normalized spacial score (nSPS) is 11.6. The van der Waals surface area contributed by atoms with Crippen molar-refractivity contribution in [3.8, 4) is 11.4 Å². The van der Waals surface area contributed by atoms with Gasteiger partial charge in [0.15, 0.2) is 5.96 Å². The molecule has 0 unspecified atom stereocenters. The van der Waals surface area contributed by atoms with Crippen molar-refractivity contribution in [3.63, 3.8) is 0 Å². The average Bonchev–Trinajstić information content (AvgIpc) is 3.71. The van der Waals surface area contributed by atoms with Gasteiger partial charge in [-0.15, -0.1) is 5.10 Å². The van der Waals surface area contributed by atoms with Gasteiger partial charge in [0, 0.05) is 23.7 Å². The number of aromatic nitrogens is 3. The highest BCUT2D eigenvalue weighted by Gasteiger charge is 2.38. The lowest BCUT2D eigenvalue weighted by molar-refractivity contribution is -0.192. The molecule has 0 saturated carbocycles. The zero-order valence-electron chi connectivity index (χ0n) is 31.5. The number of alkyl halides is 3. The molecule has 312 valence electrons. The fourth-order valence-corrected chi connectivity index (χ4v) is 5.36. The van der Waals surface area contributed by atoms with Crippen LogP contribution >= 0.6 is 0 Å². The van der Waals surface area contributed by atoms with E-state index in [-0.39, 0.29) is 49.6 Å². The fraction of sp³-hybridized carbons (Fsp3) is 0.205. The van der Waals surface area contributed by atoms with E-state index in [4.69, 9.17) is 21.2 Å². The first kappa shape index (κ1) is 44.8. The van der Waals surface area contributed by atoms with Crippen molar-refractivity contribution in [2.24, 2.45) is 15.8 Å². The second kappa shape index (κ2) is 22.1. The highest BCUT2D eigenvalue weighted by atomic mass is 19.4. The van der Waals surface area contributed by atoms with Crippen LogP contribution in [-0.4, -0.2) is 73.7 Å². The minimum Gasteiger partial charge on any atom is -0.508 e. The summed E-state index contributed by atoms with van der Waals surface area (Å²) >= 11 is 0. The van der Waals surface area contributed by atoms with Crippen LogP contribution in [0.1, 0.15) is 41.1 Å². The summed E-state index contributed by atoms with van der Waals surface area (Å²) < 4.78 is 33.2. The number of hydrogen-bond donors (Lipinski definition) is 7. The summed E-state index contributed by atoms with van der Waals surface area (Å²) in [7, 11) is 0. The number of halogens is 3. The second-order valence-corrected chi connectivity index (χ2v) is 12.6. The molecule has 0 aliphatic rings. The van der Waals surface area contributed by atoms with E-state index in [2.05, 4.69) is 46.6 Å². The van der Waals surface area contributed by atoms with Crippen molar-refractivity contribution in [2.75, 3.05) is 6.54 Å². The largest absolute Gasteiger partial charge is 0.508 e. The maximum absolute atomic E-state index is 13.9. The summed E-state index contributed by atoms with van der Waals surface area (Å²) in [5.74, 6) is -4.15. The summed E-state index contributed by atoms with van der Waals surface area (Å²) in [6.45, 7) is 0.397. The van der Waals surface area contributed by atoms with Gasteiger partial charge in [-0.3, -0.25) is 19.9 Å². The van der Waals surface area contributed by atoms with Crippen molar-refractivity contribution in [1.82, 2.24) is 36.3 Å². The summed E-state index contributed by atoms with van der Waals surface area (Å²) in [5, 5.41) is 39.3. The fourth-order valence-electron chi connectivity index (χ4n) is 5.36. The van der Waals surface area contributed by atoms with Crippen LogP contribution in [0.5, 0.6) is 5.75 Å². The molecule has 1 aromatic heterocycles. The van der Waals surface area contributed by atoms with Gasteiger partial charge in [0.2, 0.25) is 11.8 Å². The molecule has 8 N–H and O–H groups in total. The number of guanidine groups is 1. The van der Waals surface area contributed by atoms with E-state index in [1.165, 1.54) is 16.8 Å². The number of nitrogens with zero attached hydrogens (tertiary/aromatic N) is 7. The Morgan fingerprint density at radius 2 is 1.50 bits per heavy atom. The van der Waals surface area contributed by atoms with E-state index >= 15 is 0 Å². The highest BCUT2D eigenvalue weighted by Crippen LogP contribution is 2.25. The third-order valence-electron chi connectivity index (χ3n) is 8.21. The van der Waals surface area contributed by atoms with Gasteiger partial charge in [0.05, 0.1) is 24.3 Å². The number of carboxylic acids is 1. The summed E-state index contributed by atoms with van der Waals surface area (Å²) in [6, 6.07) is 30.4. The molecule has 0 aliphatic carbocycles. The van der Waals surface area contributed by atoms with Crippen LogP contribution in [0.15, 0.2) is 125 Å². The second-order valence-electron chi connectivity index (χ2n) is 12.6. The third kappa shape index (κ3) is 14.5. The molecule has 4 aromatic carbocycles. The van der Waals surface area contributed by atoms with Crippen LogP contribution < -0.4 is 27.0 Å². The zero-order chi connectivity index (χ0) is 43.5. The number of carbonyl (C=O) groups is 4. The van der Waals surface area contributed by atoms with Gasteiger partial charge in [0.25, 0.3) is 0 Å². The van der Waals surface area contributed by atoms with Crippen LogP contribution in [0.3, 0.4) is 0 Å². The SMILES string of the molecule is O=C(O)C(F)(F)F.[N-]=[N+]=Nc1cccc(-n2cc(CNC(=O)NC(N)=NCCC[C@@H](NC(=O)C(c3ccccc3)c3ccccc3)C(=O)NCc3ccc(O)cc3)nn2)c1. The van der Waals surface area contributed by atoms with Crippen LogP contribution in [-0.2, 0) is 27.5 Å². The number of carboxylic acid groups (broad SMARTS) is 1. The molecule has 0 radical (unpaired) electrons. The van der Waals surface area contributed by atoms with E-state index in [0.29, 0.717) is 23.5 Å². The molecule has 1 heterocycles. The maximum Gasteiger partial charge on any atom is 0.490 e. The molecule has 0 fully saturated rings. The number of nitrogens with one attached hydrogen (secondary N) is 4. The number of benzene rings is 4. The van der Waals surface area contributed by atoms with Gasteiger partial charge in [0.1, 0.15) is 17.5 Å². The number of aliphatic carboxylic acids is 1. The maximum atomic E-state index is 13.9. The first-order valence-electron chi connectivity index (χ1n) is 17.9. The Labute approximate surface area is 340 Å². The lowest BCUT2D eigenvalue weighted by atomic mass is 9.90. The number of hydrogen-bond acceptors (Lipinski definition) is 9. The molecule has 21 heteroatoms. The Bertz CT molecular complexity index is 2250. The number of rotatable bonds is 15. The quantitative estimate of drug-likeness (QED) is 0.0185. The molecule has 60 heavy (non-hydrogen) atoms. The number of carbonyl (C=O) groups excluding carboxylic acids is 3. The molecule has 4 amide bonds. The highest BCUT2D eigenvalue weighted by molar-refractivity contribution is 5.95. The molecular formula is C39H39F3N12O6. The number of aromatic hydroxyl groups is 1. The van der Waals surface area contributed by atoms with E-state index in [0.717, 1.165) is 16.7 Å². The Morgan fingerprint density at radius 3 is 2.10 bits per heavy atom. The average molecular weight is 829 g/mol. The molecule has 0 bridgehead atoms. The van der Waals surface area contributed by atoms with Gasteiger partial charge in [-0.2, -0.15) is 13.2 Å². The number of nitrogens with two attached hydrogens (primary N) is 1. The number of azide groups is 1. The van der Waals surface area contributed by atoms with Crippen LogP contribution in [0, 0.1) is 0 Å². The van der Waals surface area contributed by atoms with Crippen molar-refractivity contribution < 1.29 is 42.6 Å². The molecule has 0 saturated heterocycles. The van der Waals surface area contributed by atoms with Gasteiger partial charge >= 0.3 is 18.2 Å². The summed E-state index contributed by atoms with van der Waals surface area (Å²) in [6.07, 6.45) is -2.88. The Kier molecular flexibility index (Phi) is 16.5. The standard InChI is InChI=1S/C37H38N12O4.C2HF3O2/c38-36(44-37(53)42-23-29-24-49(48-46-29)30-14-7-13-28(21-30)45-47-39)40-20-8-15-32(34(51)41-22-25-16-18-31(50)19-17-25)43-35(52)33(26-9-3-1-4-10-26)27-11-5-2-6-12-27;3-2(4,5)1(6)7/h1-7,9-14,16-19,21,24,32-33,50H,8,15,20,22-23H2,(H,41,51)(H,43,52)(H4,38,40,42,44,53);(H,6,7)/t32-;/m1./s1. The van der Waals surface area contributed by atoms with Crippen molar-refractivity contribution in [1.29, 1.82) is 0 Å². The first-order chi connectivity index (χ1) is 28.7. The molecular weight excluding hydrogens is 790 g/mol. The topological polar surface area (TPSA) is 275 Å². The number of amides is 4. The smallest absolute Gasteiger partial charge is 0.490 e. The van der Waals surface area contributed by atoms with Gasteiger partial charge < -0.3 is 31.9 Å². The van der Waals surface area contributed by atoms with Crippen molar-refractivity contribution in [2.45, 2.75) is 44.1 Å². The summed E-state index contributed by atoms with van der Waals surface area (Å²) in [4.78, 5) is 55.7. The van der Waals surface area contributed by atoms with E-state index in [1.54, 1.807) is 42.6 Å². The number of urea groups is 1. The minimum absolute atomic E-state index is 0.0444. The lowest BCUT2D eigenvalue weighted by Gasteiger charge is -2.23. The molecule has 0 spiro atoms. The number of phenols is 1. The van der Waals surface area contributed by atoms with E-state index < -0.39 is 30.1 Å². The van der Waals surface area contributed by atoms with E-state index in [9.17, 15) is 32.7 Å². The monoisotopic (exact) mass is 828 g/mol. The van der Waals surface area contributed by atoms with Gasteiger partial charge in [-0.05, 0) is 59.3 Å². The number of aliphatic imine (C=N–C) groups is 1. The zero-order valence-corrected chi connectivity index (χ0v) is 31.5. The van der Waals surface area contributed by atoms with E-state index in [1.807, 2.05) is 60.7 Å². The molecule has 0 aliphatic heterocycles. The van der Waals surface area contributed by atoms with Crippen LogP contribution in [0.2, 0.25) is 0 Å².